The number of hydrogen-bond acceptors (Lipinski definition) is 0. The average molecular weight is 164 g/mol. The van der Waals surface area contributed by atoms with Crippen molar-refractivity contribution in [3.8, 4) is 0 Å². The molecule has 12 heavy (non-hydrogen) atoms. The van der Waals surface area contributed by atoms with Gasteiger partial charge < -0.3 is 0 Å². The van der Waals surface area contributed by atoms with Crippen LogP contribution in [0.3, 0.4) is 0 Å². The van der Waals surface area contributed by atoms with Crippen LogP contribution in [-0.4, -0.2) is 0 Å². The Hall–Kier alpha value is -0.260. The van der Waals surface area contributed by atoms with Crippen LogP contribution in [0.25, 0.3) is 0 Å². The molecule has 0 N–H and O–H groups in total. The maximum atomic E-state index is 2.48. The molecule has 2 aliphatic rings. The summed E-state index contributed by atoms with van der Waals surface area (Å²) in [6, 6.07) is 0. The summed E-state index contributed by atoms with van der Waals surface area (Å²) in [6.07, 6.45) is 10.6. The molecule has 0 aromatic heterocycles. The normalized spacial score (nSPS) is 46.2. The zero-order chi connectivity index (χ0) is 8.55. The highest BCUT2D eigenvalue weighted by atomic mass is 14.5. The molecule has 0 aliphatic heterocycles. The van der Waals surface area contributed by atoms with E-state index in [4.69, 9.17) is 0 Å². The molecule has 2 bridgehead atoms. The van der Waals surface area contributed by atoms with Gasteiger partial charge in [-0.15, -0.1) is 0 Å². The Morgan fingerprint density at radius 2 is 2.00 bits per heavy atom. The van der Waals surface area contributed by atoms with Gasteiger partial charge in [0.15, 0.2) is 0 Å². The zero-order valence-corrected chi connectivity index (χ0v) is 8.29. The van der Waals surface area contributed by atoms with E-state index >= 15 is 0 Å². The van der Waals surface area contributed by atoms with E-state index in [0.29, 0.717) is 0 Å². The summed E-state index contributed by atoms with van der Waals surface area (Å²) in [5, 5.41) is 0. The molecule has 0 heteroatoms. The van der Waals surface area contributed by atoms with Crippen molar-refractivity contribution in [3.63, 3.8) is 0 Å². The molecule has 4 atom stereocenters. The molecule has 2 saturated carbocycles. The fourth-order valence-electron chi connectivity index (χ4n) is 3.15. The summed E-state index contributed by atoms with van der Waals surface area (Å²) in [5.74, 6) is 4.10. The lowest BCUT2D eigenvalue weighted by atomic mass is 9.83. The lowest BCUT2D eigenvalue weighted by Gasteiger charge is -2.22. The molecule has 0 amide bonds. The van der Waals surface area contributed by atoms with Crippen LogP contribution in [0.15, 0.2) is 12.2 Å². The molecular weight excluding hydrogens is 144 g/mol. The molecule has 68 valence electrons. The van der Waals surface area contributed by atoms with Gasteiger partial charge in [0.2, 0.25) is 0 Å². The van der Waals surface area contributed by atoms with Crippen LogP contribution in [0, 0.1) is 23.7 Å². The van der Waals surface area contributed by atoms with Gasteiger partial charge in [-0.1, -0.05) is 26.0 Å². The maximum absolute atomic E-state index is 2.48. The molecule has 0 aromatic carbocycles. The molecule has 2 rings (SSSR count). The van der Waals surface area contributed by atoms with Crippen molar-refractivity contribution in [2.45, 2.75) is 39.5 Å². The van der Waals surface area contributed by atoms with Crippen LogP contribution >= 0.6 is 0 Å². The highest BCUT2D eigenvalue weighted by Gasteiger charge is 2.42. The average Bonchev–Trinajstić information content (AvgIpc) is 2.58. The van der Waals surface area contributed by atoms with Crippen LogP contribution in [0.2, 0.25) is 0 Å². The molecule has 0 spiro atoms. The predicted molar refractivity (Wildman–Crippen MR) is 52.9 cm³/mol. The summed E-state index contributed by atoms with van der Waals surface area (Å²) in [4.78, 5) is 0. The van der Waals surface area contributed by atoms with E-state index in [1.165, 1.54) is 25.7 Å². The minimum absolute atomic E-state index is 0.950. The molecule has 2 aliphatic carbocycles. The first-order valence-electron chi connectivity index (χ1n) is 5.48. The Balaban J connectivity index is 1.94. The molecule has 0 radical (unpaired) electrons. The Morgan fingerprint density at radius 1 is 1.17 bits per heavy atom. The van der Waals surface area contributed by atoms with E-state index in [9.17, 15) is 0 Å². The van der Waals surface area contributed by atoms with Crippen molar-refractivity contribution in [1.82, 2.24) is 0 Å². The van der Waals surface area contributed by atoms with Crippen LogP contribution in [0.1, 0.15) is 39.5 Å². The second kappa shape index (κ2) is 3.24. The van der Waals surface area contributed by atoms with Gasteiger partial charge in [-0.3, -0.25) is 0 Å². The second-order valence-electron chi connectivity index (χ2n) is 4.70. The van der Waals surface area contributed by atoms with E-state index in [2.05, 4.69) is 26.0 Å². The molecule has 0 aromatic rings. The van der Waals surface area contributed by atoms with Crippen molar-refractivity contribution in [1.29, 1.82) is 0 Å². The summed E-state index contributed by atoms with van der Waals surface area (Å²) in [5.41, 5.74) is 0. The lowest BCUT2D eigenvalue weighted by molar-refractivity contribution is 0.310. The first kappa shape index (κ1) is 8.34. The van der Waals surface area contributed by atoms with Crippen molar-refractivity contribution < 1.29 is 0 Å². The van der Waals surface area contributed by atoms with E-state index in [-0.39, 0.29) is 0 Å². The first-order chi connectivity index (χ1) is 5.81. The Labute approximate surface area is 76.1 Å². The molecular formula is C12H20. The Morgan fingerprint density at radius 3 is 2.50 bits per heavy atom. The lowest BCUT2D eigenvalue weighted by Crippen LogP contribution is -2.13. The topological polar surface area (TPSA) is 0 Å². The summed E-state index contributed by atoms with van der Waals surface area (Å²) in [7, 11) is 0. The first-order valence-corrected chi connectivity index (χ1v) is 5.48. The van der Waals surface area contributed by atoms with Crippen molar-refractivity contribution >= 4 is 0 Å². The van der Waals surface area contributed by atoms with E-state index in [0.717, 1.165) is 23.7 Å². The summed E-state index contributed by atoms with van der Waals surface area (Å²) < 4.78 is 0. The van der Waals surface area contributed by atoms with Gasteiger partial charge in [-0.25, -0.2) is 0 Å². The fraction of sp³-hybridized carbons (Fsp3) is 0.833. The third-order valence-corrected chi connectivity index (χ3v) is 3.88. The third-order valence-electron chi connectivity index (χ3n) is 3.88. The SMILES string of the molecule is CC/C=C\C1CC2CC1CC2C. The molecule has 0 saturated heterocycles. The van der Waals surface area contributed by atoms with Gasteiger partial charge in [0.1, 0.15) is 0 Å². The summed E-state index contributed by atoms with van der Waals surface area (Å²) in [6.45, 7) is 4.66. The van der Waals surface area contributed by atoms with Crippen molar-refractivity contribution in [2.75, 3.05) is 0 Å². The van der Waals surface area contributed by atoms with Gasteiger partial charge in [0.05, 0.1) is 0 Å². The minimum atomic E-state index is 0.950. The third kappa shape index (κ3) is 1.32. The smallest absolute Gasteiger partial charge is 0.0202 e. The largest absolute Gasteiger partial charge is 0.0885 e. The van der Waals surface area contributed by atoms with Gasteiger partial charge >= 0.3 is 0 Å². The molecule has 0 heterocycles. The van der Waals surface area contributed by atoms with Crippen molar-refractivity contribution in [2.24, 2.45) is 23.7 Å². The van der Waals surface area contributed by atoms with Gasteiger partial charge in [0.25, 0.3) is 0 Å². The molecule has 2 fully saturated rings. The number of allylic oxidation sites excluding steroid dienone is 2. The number of hydrogen-bond donors (Lipinski definition) is 0. The predicted octanol–water partition coefficient (Wildman–Crippen LogP) is 3.63. The van der Waals surface area contributed by atoms with Gasteiger partial charge in [-0.2, -0.15) is 0 Å². The van der Waals surface area contributed by atoms with Crippen LogP contribution in [0.4, 0.5) is 0 Å². The number of rotatable bonds is 2. The van der Waals surface area contributed by atoms with E-state index < -0.39 is 0 Å². The minimum Gasteiger partial charge on any atom is -0.0885 e. The van der Waals surface area contributed by atoms with Gasteiger partial charge in [-0.05, 0) is 49.4 Å². The molecule has 0 nitrogen and oxygen atoms in total. The zero-order valence-electron chi connectivity index (χ0n) is 8.29. The fourth-order valence-corrected chi connectivity index (χ4v) is 3.15. The molecule has 4 unspecified atom stereocenters. The van der Waals surface area contributed by atoms with Crippen LogP contribution in [-0.2, 0) is 0 Å². The standard InChI is InChI=1S/C12H20/c1-3-4-5-10-7-11-8-12(10)6-9(11)2/h4-5,9-12H,3,6-8H2,1-2H3/b5-4-. The van der Waals surface area contributed by atoms with E-state index in [1.807, 2.05) is 0 Å². The Kier molecular flexibility index (Phi) is 2.25. The maximum Gasteiger partial charge on any atom is -0.0202 e. The highest BCUT2D eigenvalue weighted by Crippen LogP contribution is 2.51. The van der Waals surface area contributed by atoms with Crippen LogP contribution < -0.4 is 0 Å². The van der Waals surface area contributed by atoms with Crippen LogP contribution in [0.5, 0.6) is 0 Å². The van der Waals surface area contributed by atoms with E-state index in [1.54, 1.807) is 0 Å². The Bertz CT molecular complexity index is 178. The number of fused-ring (bicyclic) bond motifs is 2. The quantitative estimate of drug-likeness (QED) is 0.547. The highest BCUT2D eigenvalue weighted by molar-refractivity contribution is 5.02. The second-order valence-corrected chi connectivity index (χ2v) is 4.70. The van der Waals surface area contributed by atoms with Crippen molar-refractivity contribution in [3.05, 3.63) is 12.2 Å². The monoisotopic (exact) mass is 164 g/mol. The van der Waals surface area contributed by atoms with Gasteiger partial charge in [0, 0.05) is 0 Å². The summed E-state index contributed by atoms with van der Waals surface area (Å²) >= 11 is 0.